The molecule has 2 N–H and O–H groups in total. The number of hydrogen-bond donors (Lipinski definition) is 2. The van der Waals surface area contributed by atoms with Gasteiger partial charge in [0.15, 0.2) is 0 Å². The molecule has 0 fully saturated rings. The van der Waals surface area contributed by atoms with Crippen molar-refractivity contribution < 1.29 is 18.3 Å². The van der Waals surface area contributed by atoms with Crippen molar-refractivity contribution in [1.29, 1.82) is 0 Å². The van der Waals surface area contributed by atoms with Gasteiger partial charge in [-0.2, -0.15) is 0 Å². The van der Waals surface area contributed by atoms with Gasteiger partial charge >= 0.3 is 5.97 Å². The first kappa shape index (κ1) is 14.7. The van der Waals surface area contributed by atoms with Gasteiger partial charge in [-0.3, -0.25) is 4.79 Å². The van der Waals surface area contributed by atoms with E-state index in [9.17, 15) is 13.2 Å². The van der Waals surface area contributed by atoms with Gasteiger partial charge in [0.05, 0.1) is 10.8 Å². The molecule has 0 unspecified atom stereocenters. The van der Waals surface area contributed by atoms with E-state index in [1.54, 1.807) is 25.1 Å². The third kappa shape index (κ3) is 4.12. The Morgan fingerprint density at radius 3 is 2.44 bits per heavy atom. The van der Waals surface area contributed by atoms with Crippen molar-refractivity contribution in [2.24, 2.45) is 5.92 Å². The fourth-order valence-corrected chi connectivity index (χ4v) is 2.62. The molecule has 0 radical (unpaired) electrons. The Morgan fingerprint density at radius 2 is 1.94 bits per heavy atom. The molecule has 1 aromatic carbocycles. The van der Waals surface area contributed by atoms with E-state index in [0.717, 1.165) is 0 Å². The predicted octanol–water partition coefficient (Wildman–Crippen LogP) is 1.47. The third-order valence-electron chi connectivity index (χ3n) is 2.68. The molecule has 0 bridgehead atoms. The molecular formula is C12H17NO4S. The van der Waals surface area contributed by atoms with Crippen molar-refractivity contribution in [2.75, 3.05) is 6.54 Å². The van der Waals surface area contributed by atoms with E-state index in [2.05, 4.69) is 4.72 Å². The summed E-state index contributed by atoms with van der Waals surface area (Å²) in [5.41, 5.74) is 0. The highest BCUT2D eigenvalue weighted by atomic mass is 32.2. The van der Waals surface area contributed by atoms with Crippen LogP contribution in [0.1, 0.15) is 19.8 Å². The standard InChI is InChI=1S/C12H17NO4S/c1-2-10(12(14)15)8-9-13-18(16,17)11-6-4-3-5-7-11/h3-7,10,13H,2,8-9H2,1H3,(H,14,15)/t10-/m1/s1. The molecule has 0 spiro atoms. The second-order valence-electron chi connectivity index (χ2n) is 3.94. The molecule has 1 rings (SSSR count). The van der Waals surface area contributed by atoms with Crippen LogP contribution in [0.5, 0.6) is 0 Å². The summed E-state index contributed by atoms with van der Waals surface area (Å²) in [6.45, 7) is 1.90. The number of benzene rings is 1. The SMILES string of the molecule is CC[C@H](CCNS(=O)(=O)c1ccccc1)C(=O)O. The van der Waals surface area contributed by atoms with E-state index in [-0.39, 0.29) is 17.9 Å². The van der Waals surface area contributed by atoms with Gasteiger partial charge in [0.1, 0.15) is 0 Å². The highest BCUT2D eigenvalue weighted by Crippen LogP contribution is 2.10. The highest BCUT2D eigenvalue weighted by Gasteiger charge is 2.17. The highest BCUT2D eigenvalue weighted by molar-refractivity contribution is 7.89. The van der Waals surface area contributed by atoms with Crippen LogP contribution >= 0.6 is 0 Å². The van der Waals surface area contributed by atoms with Crippen LogP contribution in [-0.4, -0.2) is 26.0 Å². The Bertz CT molecular complexity index is 484. The van der Waals surface area contributed by atoms with E-state index < -0.39 is 21.9 Å². The molecular weight excluding hydrogens is 254 g/mol. The molecule has 1 atom stereocenters. The van der Waals surface area contributed by atoms with Crippen LogP contribution in [0.2, 0.25) is 0 Å². The van der Waals surface area contributed by atoms with Crippen molar-refractivity contribution in [3.63, 3.8) is 0 Å². The van der Waals surface area contributed by atoms with Crippen LogP contribution in [0.4, 0.5) is 0 Å². The van der Waals surface area contributed by atoms with Crippen LogP contribution in [0.15, 0.2) is 35.2 Å². The van der Waals surface area contributed by atoms with Crippen molar-refractivity contribution in [3.05, 3.63) is 30.3 Å². The first-order valence-electron chi connectivity index (χ1n) is 5.75. The molecule has 100 valence electrons. The summed E-state index contributed by atoms with van der Waals surface area (Å²) in [5.74, 6) is -1.40. The molecule has 0 aromatic heterocycles. The molecule has 0 saturated carbocycles. The number of sulfonamides is 1. The van der Waals surface area contributed by atoms with E-state index in [1.807, 2.05) is 0 Å². The number of carboxylic acid groups (broad SMARTS) is 1. The largest absolute Gasteiger partial charge is 0.481 e. The number of carboxylic acids is 1. The zero-order valence-electron chi connectivity index (χ0n) is 10.2. The molecule has 0 heterocycles. The minimum atomic E-state index is -3.53. The monoisotopic (exact) mass is 271 g/mol. The van der Waals surface area contributed by atoms with Crippen LogP contribution in [0.3, 0.4) is 0 Å². The lowest BCUT2D eigenvalue weighted by molar-refractivity contribution is -0.142. The van der Waals surface area contributed by atoms with Crippen molar-refractivity contribution in [2.45, 2.75) is 24.7 Å². The lowest BCUT2D eigenvalue weighted by Crippen LogP contribution is -2.27. The van der Waals surface area contributed by atoms with E-state index >= 15 is 0 Å². The lowest BCUT2D eigenvalue weighted by atomic mass is 10.0. The quantitative estimate of drug-likeness (QED) is 0.786. The van der Waals surface area contributed by atoms with Gasteiger partial charge in [0.2, 0.25) is 10.0 Å². The minimum absolute atomic E-state index is 0.127. The molecule has 6 heteroatoms. The molecule has 0 saturated heterocycles. The summed E-state index contributed by atoms with van der Waals surface area (Å²) >= 11 is 0. The maximum atomic E-state index is 11.8. The van der Waals surface area contributed by atoms with Crippen molar-refractivity contribution >= 4 is 16.0 Å². The molecule has 18 heavy (non-hydrogen) atoms. The van der Waals surface area contributed by atoms with Gasteiger partial charge in [0, 0.05) is 6.54 Å². The van der Waals surface area contributed by atoms with Gasteiger partial charge in [-0.05, 0) is 25.0 Å². The van der Waals surface area contributed by atoms with Gasteiger partial charge in [-0.15, -0.1) is 0 Å². The van der Waals surface area contributed by atoms with Crippen LogP contribution in [0, 0.1) is 5.92 Å². The lowest BCUT2D eigenvalue weighted by Gasteiger charge is -2.10. The maximum Gasteiger partial charge on any atom is 0.306 e. The van der Waals surface area contributed by atoms with Crippen LogP contribution in [0.25, 0.3) is 0 Å². The molecule has 5 nitrogen and oxygen atoms in total. The Balaban J connectivity index is 2.56. The number of rotatable bonds is 7. The summed E-state index contributed by atoms with van der Waals surface area (Å²) in [5, 5.41) is 8.84. The van der Waals surface area contributed by atoms with Gasteiger partial charge in [-0.1, -0.05) is 25.1 Å². The molecule has 1 aromatic rings. The second kappa shape index (κ2) is 6.51. The summed E-state index contributed by atoms with van der Waals surface area (Å²) in [6, 6.07) is 8.01. The fourth-order valence-electron chi connectivity index (χ4n) is 1.55. The van der Waals surface area contributed by atoms with Crippen molar-refractivity contribution in [3.8, 4) is 0 Å². The molecule has 0 aliphatic rings. The van der Waals surface area contributed by atoms with E-state index in [0.29, 0.717) is 6.42 Å². The first-order chi connectivity index (χ1) is 8.47. The van der Waals surface area contributed by atoms with Crippen LogP contribution in [-0.2, 0) is 14.8 Å². The molecule has 0 amide bonds. The Labute approximate surface area is 107 Å². The van der Waals surface area contributed by atoms with E-state index in [4.69, 9.17) is 5.11 Å². The Kier molecular flexibility index (Phi) is 5.30. The Hall–Kier alpha value is -1.40. The van der Waals surface area contributed by atoms with Gasteiger partial charge in [-0.25, -0.2) is 13.1 Å². The maximum absolute atomic E-state index is 11.8. The summed E-state index contributed by atoms with van der Waals surface area (Å²) in [4.78, 5) is 11.0. The zero-order chi connectivity index (χ0) is 13.6. The number of carbonyl (C=O) groups is 1. The average Bonchev–Trinajstić information content (AvgIpc) is 2.35. The van der Waals surface area contributed by atoms with Gasteiger partial charge < -0.3 is 5.11 Å². The number of hydrogen-bond acceptors (Lipinski definition) is 3. The average molecular weight is 271 g/mol. The van der Waals surface area contributed by atoms with Crippen LogP contribution < -0.4 is 4.72 Å². The molecule has 0 aliphatic carbocycles. The third-order valence-corrected chi connectivity index (χ3v) is 4.16. The number of nitrogens with one attached hydrogen (secondary N) is 1. The minimum Gasteiger partial charge on any atom is -0.481 e. The first-order valence-corrected chi connectivity index (χ1v) is 7.23. The smallest absolute Gasteiger partial charge is 0.306 e. The normalized spacial score (nSPS) is 13.2. The number of aliphatic carboxylic acids is 1. The second-order valence-corrected chi connectivity index (χ2v) is 5.71. The van der Waals surface area contributed by atoms with Crippen molar-refractivity contribution in [1.82, 2.24) is 4.72 Å². The predicted molar refractivity (Wildman–Crippen MR) is 67.7 cm³/mol. The summed E-state index contributed by atoms with van der Waals surface area (Å²) in [7, 11) is -3.53. The Morgan fingerprint density at radius 1 is 1.33 bits per heavy atom. The zero-order valence-corrected chi connectivity index (χ0v) is 11.0. The van der Waals surface area contributed by atoms with E-state index in [1.165, 1.54) is 12.1 Å². The fraction of sp³-hybridized carbons (Fsp3) is 0.417. The van der Waals surface area contributed by atoms with Gasteiger partial charge in [0.25, 0.3) is 0 Å². The molecule has 0 aliphatic heterocycles. The summed E-state index contributed by atoms with van der Waals surface area (Å²) < 4.78 is 26.0. The topological polar surface area (TPSA) is 83.5 Å². The summed E-state index contributed by atoms with van der Waals surface area (Å²) in [6.07, 6.45) is 0.778.